The number of ether oxygens (including phenoxy) is 1. The quantitative estimate of drug-likeness (QED) is 0.660. The Morgan fingerprint density at radius 1 is 1.20 bits per heavy atom. The van der Waals surface area contributed by atoms with Crippen molar-refractivity contribution in [2.24, 2.45) is 5.92 Å². The molecule has 2 heterocycles. The summed E-state index contributed by atoms with van der Waals surface area (Å²) in [6.45, 7) is 11.5. The predicted molar refractivity (Wildman–Crippen MR) is 105 cm³/mol. The highest BCUT2D eigenvalue weighted by atomic mass is 32.1. The first-order chi connectivity index (χ1) is 11.9. The van der Waals surface area contributed by atoms with Crippen molar-refractivity contribution in [2.75, 3.05) is 6.61 Å². The van der Waals surface area contributed by atoms with Gasteiger partial charge in [-0.2, -0.15) is 0 Å². The van der Waals surface area contributed by atoms with Gasteiger partial charge in [-0.05, 0) is 44.4 Å². The van der Waals surface area contributed by atoms with E-state index in [1.165, 1.54) is 0 Å². The third-order valence-electron chi connectivity index (χ3n) is 4.18. The highest BCUT2D eigenvalue weighted by Gasteiger charge is 2.18. The molecule has 132 valence electrons. The molecule has 5 heteroatoms. The van der Waals surface area contributed by atoms with Crippen LogP contribution >= 0.6 is 11.3 Å². The Hall–Kier alpha value is -2.14. The summed E-state index contributed by atoms with van der Waals surface area (Å²) in [6.07, 6.45) is 0. The fraction of sp³-hybridized carbons (Fsp3) is 0.400. The van der Waals surface area contributed by atoms with Crippen LogP contribution in [-0.4, -0.2) is 16.2 Å². The highest BCUT2D eigenvalue weighted by molar-refractivity contribution is 7.19. The van der Waals surface area contributed by atoms with Crippen LogP contribution in [-0.2, 0) is 6.54 Å². The molecule has 2 aromatic heterocycles. The molecule has 25 heavy (non-hydrogen) atoms. The number of fused-ring (bicyclic) bond motifs is 1. The van der Waals surface area contributed by atoms with Gasteiger partial charge in [0, 0.05) is 17.0 Å². The molecule has 0 bridgehead atoms. The van der Waals surface area contributed by atoms with Gasteiger partial charge in [-0.1, -0.05) is 26.0 Å². The Morgan fingerprint density at radius 3 is 2.48 bits per heavy atom. The zero-order valence-corrected chi connectivity index (χ0v) is 16.2. The van der Waals surface area contributed by atoms with Crippen LogP contribution < -0.4 is 10.3 Å². The van der Waals surface area contributed by atoms with E-state index >= 15 is 0 Å². The van der Waals surface area contributed by atoms with Crippen LogP contribution in [0.2, 0.25) is 0 Å². The fourth-order valence-corrected chi connectivity index (χ4v) is 4.19. The number of hydrogen-bond donors (Lipinski definition) is 0. The number of benzene rings is 1. The topological polar surface area (TPSA) is 44.1 Å². The van der Waals surface area contributed by atoms with E-state index in [1.54, 1.807) is 15.9 Å². The normalized spacial score (nSPS) is 11.4. The van der Waals surface area contributed by atoms with E-state index in [0.717, 1.165) is 37.8 Å². The first-order valence-electron chi connectivity index (χ1n) is 8.66. The molecule has 0 aliphatic carbocycles. The minimum Gasteiger partial charge on any atom is -0.494 e. The summed E-state index contributed by atoms with van der Waals surface area (Å²) in [5.74, 6) is 2.02. The standard InChI is InChI=1S/C20H24N2O2S/c1-6-24-16-9-7-15(8-10-16)17-13(4)25-19-18(17)20(23)22(11-12(2)3)14(5)21-19/h7-10,12H,6,11H2,1-5H3. The van der Waals surface area contributed by atoms with Gasteiger partial charge in [0.1, 0.15) is 16.4 Å². The predicted octanol–water partition coefficient (Wildman–Crippen LogP) is 4.80. The van der Waals surface area contributed by atoms with Crippen molar-refractivity contribution < 1.29 is 4.74 Å². The molecule has 0 unspecified atom stereocenters. The molecule has 0 aliphatic rings. The number of nitrogens with zero attached hydrogens (tertiary/aromatic N) is 2. The summed E-state index contributed by atoms with van der Waals surface area (Å²) in [4.78, 5) is 19.8. The van der Waals surface area contributed by atoms with Gasteiger partial charge < -0.3 is 4.74 Å². The second-order valence-electron chi connectivity index (χ2n) is 6.64. The summed E-state index contributed by atoms with van der Waals surface area (Å²) in [5, 5.41) is 0.734. The largest absolute Gasteiger partial charge is 0.494 e. The van der Waals surface area contributed by atoms with Gasteiger partial charge in [0.2, 0.25) is 0 Å². The van der Waals surface area contributed by atoms with Crippen LogP contribution in [0.15, 0.2) is 29.1 Å². The summed E-state index contributed by atoms with van der Waals surface area (Å²) in [7, 11) is 0. The Labute approximate surface area is 152 Å². The molecule has 0 saturated heterocycles. The van der Waals surface area contributed by atoms with E-state index in [2.05, 4.69) is 20.8 Å². The van der Waals surface area contributed by atoms with E-state index in [-0.39, 0.29) is 5.56 Å². The minimum absolute atomic E-state index is 0.0597. The van der Waals surface area contributed by atoms with Crippen molar-refractivity contribution in [3.8, 4) is 16.9 Å². The van der Waals surface area contributed by atoms with Gasteiger partial charge in [0.15, 0.2) is 0 Å². The number of aromatic nitrogens is 2. The molecule has 4 nitrogen and oxygen atoms in total. The van der Waals surface area contributed by atoms with E-state index in [9.17, 15) is 4.79 Å². The molecule has 0 radical (unpaired) electrons. The Morgan fingerprint density at radius 2 is 1.88 bits per heavy atom. The second kappa shape index (κ2) is 7.00. The zero-order valence-electron chi connectivity index (χ0n) is 15.4. The van der Waals surface area contributed by atoms with Crippen LogP contribution in [0.1, 0.15) is 31.5 Å². The van der Waals surface area contributed by atoms with Gasteiger partial charge in [0.25, 0.3) is 5.56 Å². The van der Waals surface area contributed by atoms with Crippen LogP contribution in [0.5, 0.6) is 5.75 Å². The van der Waals surface area contributed by atoms with Gasteiger partial charge >= 0.3 is 0 Å². The lowest BCUT2D eigenvalue weighted by molar-refractivity contribution is 0.340. The summed E-state index contributed by atoms with van der Waals surface area (Å²) < 4.78 is 7.33. The van der Waals surface area contributed by atoms with Crippen LogP contribution in [0, 0.1) is 19.8 Å². The molecular formula is C20H24N2O2S. The average molecular weight is 356 g/mol. The van der Waals surface area contributed by atoms with E-state index in [0.29, 0.717) is 19.1 Å². The Bertz CT molecular complexity index is 952. The molecule has 3 aromatic rings. The van der Waals surface area contributed by atoms with Crippen LogP contribution in [0.3, 0.4) is 0 Å². The van der Waals surface area contributed by atoms with Crippen molar-refractivity contribution >= 4 is 21.6 Å². The van der Waals surface area contributed by atoms with E-state index in [4.69, 9.17) is 9.72 Å². The fourth-order valence-electron chi connectivity index (χ4n) is 3.11. The number of thiophene rings is 1. The first kappa shape index (κ1) is 17.7. The molecule has 0 fully saturated rings. The number of hydrogen-bond acceptors (Lipinski definition) is 4. The van der Waals surface area contributed by atoms with Gasteiger partial charge in [0.05, 0.1) is 12.0 Å². The van der Waals surface area contributed by atoms with Gasteiger partial charge in [-0.15, -0.1) is 11.3 Å². The lowest BCUT2D eigenvalue weighted by Gasteiger charge is -2.12. The van der Waals surface area contributed by atoms with Crippen molar-refractivity contribution in [3.05, 3.63) is 45.3 Å². The maximum atomic E-state index is 13.2. The van der Waals surface area contributed by atoms with Crippen molar-refractivity contribution in [2.45, 2.75) is 41.2 Å². The van der Waals surface area contributed by atoms with Gasteiger partial charge in [-0.25, -0.2) is 4.98 Å². The van der Waals surface area contributed by atoms with Crippen molar-refractivity contribution in [1.82, 2.24) is 9.55 Å². The lowest BCUT2D eigenvalue weighted by atomic mass is 10.0. The maximum absolute atomic E-state index is 13.2. The molecule has 0 atom stereocenters. The van der Waals surface area contributed by atoms with E-state index in [1.807, 2.05) is 38.1 Å². The average Bonchev–Trinajstić information content (AvgIpc) is 2.88. The second-order valence-corrected chi connectivity index (χ2v) is 7.84. The highest BCUT2D eigenvalue weighted by Crippen LogP contribution is 2.36. The Kier molecular flexibility index (Phi) is 4.95. The molecule has 0 aliphatic heterocycles. The number of rotatable bonds is 5. The zero-order chi connectivity index (χ0) is 18.1. The van der Waals surface area contributed by atoms with Crippen LogP contribution in [0.25, 0.3) is 21.3 Å². The SMILES string of the molecule is CCOc1ccc(-c2c(C)sc3nc(C)n(CC(C)C)c(=O)c23)cc1. The molecule has 1 aromatic carbocycles. The molecule has 3 rings (SSSR count). The summed E-state index contributed by atoms with van der Waals surface area (Å²) in [5.41, 5.74) is 2.09. The molecule has 0 amide bonds. The number of aryl methyl sites for hydroxylation is 2. The third-order valence-corrected chi connectivity index (χ3v) is 5.18. The third kappa shape index (κ3) is 3.33. The summed E-state index contributed by atoms with van der Waals surface area (Å²) in [6, 6.07) is 7.95. The summed E-state index contributed by atoms with van der Waals surface area (Å²) >= 11 is 1.59. The minimum atomic E-state index is 0.0597. The maximum Gasteiger partial charge on any atom is 0.262 e. The smallest absolute Gasteiger partial charge is 0.262 e. The lowest BCUT2D eigenvalue weighted by Crippen LogP contribution is -2.25. The monoisotopic (exact) mass is 356 g/mol. The molecule has 0 spiro atoms. The van der Waals surface area contributed by atoms with Crippen molar-refractivity contribution in [1.29, 1.82) is 0 Å². The first-order valence-corrected chi connectivity index (χ1v) is 9.47. The van der Waals surface area contributed by atoms with Crippen LogP contribution in [0.4, 0.5) is 0 Å². The molecular weight excluding hydrogens is 332 g/mol. The van der Waals surface area contributed by atoms with E-state index < -0.39 is 0 Å². The van der Waals surface area contributed by atoms with Gasteiger partial charge in [-0.3, -0.25) is 9.36 Å². The Balaban J connectivity index is 2.21. The van der Waals surface area contributed by atoms with Crippen molar-refractivity contribution in [3.63, 3.8) is 0 Å². The molecule has 0 N–H and O–H groups in total. The molecule has 0 saturated carbocycles.